The van der Waals surface area contributed by atoms with Crippen molar-refractivity contribution in [3.05, 3.63) is 66.9 Å². The molecule has 0 aliphatic heterocycles. The molecule has 0 saturated heterocycles. The molecule has 1 aromatic heterocycles. The Hall–Kier alpha value is -2.71. The van der Waals surface area contributed by atoms with Gasteiger partial charge in [-0.05, 0) is 66.9 Å². The van der Waals surface area contributed by atoms with Crippen LogP contribution in [0.5, 0.6) is 5.75 Å². The van der Waals surface area contributed by atoms with E-state index in [2.05, 4.69) is 15.0 Å². The average molecular weight is 402 g/mol. The van der Waals surface area contributed by atoms with Gasteiger partial charge in [-0.25, -0.2) is 13.4 Å². The van der Waals surface area contributed by atoms with Crippen molar-refractivity contribution in [3.8, 4) is 5.75 Å². The van der Waals surface area contributed by atoms with E-state index in [9.17, 15) is 8.42 Å². The summed E-state index contributed by atoms with van der Waals surface area (Å²) < 4.78 is 33.0. The molecule has 0 atom stereocenters. The smallest absolute Gasteiger partial charge is 0.262 e. The minimum absolute atomic E-state index is 0.141. The van der Waals surface area contributed by atoms with E-state index < -0.39 is 10.0 Å². The number of rotatable bonds is 7. The second-order valence-corrected chi connectivity index (χ2v) is 8.10. The number of anilines is 3. The van der Waals surface area contributed by atoms with Crippen molar-refractivity contribution in [3.63, 3.8) is 0 Å². The molecule has 0 amide bonds. The summed E-state index contributed by atoms with van der Waals surface area (Å²) in [6.07, 6.45) is 3.61. The number of aromatic nitrogens is 1. The van der Waals surface area contributed by atoms with Crippen LogP contribution < -0.4 is 14.8 Å². The molecule has 6 nitrogen and oxygen atoms in total. The van der Waals surface area contributed by atoms with Crippen LogP contribution in [0.4, 0.5) is 17.2 Å². The van der Waals surface area contributed by atoms with Gasteiger partial charge in [0.1, 0.15) is 5.75 Å². The molecular formula is C19H19N3O3S2. The third kappa shape index (κ3) is 4.72. The Labute approximate surface area is 163 Å². The first-order chi connectivity index (χ1) is 13.0. The van der Waals surface area contributed by atoms with E-state index in [1.165, 1.54) is 19.2 Å². The van der Waals surface area contributed by atoms with Crippen molar-refractivity contribution < 1.29 is 13.2 Å². The Morgan fingerprint density at radius 3 is 2.33 bits per heavy atom. The molecule has 3 aromatic rings. The number of hydrogen-bond acceptors (Lipinski definition) is 6. The third-order valence-electron chi connectivity index (χ3n) is 3.77. The summed E-state index contributed by atoms with van der Waals surface area (Å²) in [4.78, 5) is 5.54. The maximum Gasteiger partial charge on any atom is 0.262 e. The highest BCUT2D eigenvalue weighted by atomic mass is 32.2. The fourth-order valence-electron chi connectivity index (χ4n) is 2.36. The van der Waals surface area contributed by atoms with Crippen molar-refractivity contribution >= 4 is 39.0 Å². The van der Waals surface area contributed by atoms with Gasteiger partial charge in [0, 0.05) is 16.8 Å². The highest BCUT2D eigenvalue weighted by molar-refractivity contribution is 7.98. The molecule has 0 radical (unpaired) electrons. The predicted octanol–water partition coefficient (Wildman–Crippen LogP) is 4.36. The number of hydrogen-bond donors (Lipinski definition) is 2. The summed E-state index contributed by atoms with van der Waals surface area (Å²) in [5, 5.41) is 3.15. The van der Waals surface area contributed by atoms with Gasteiger partial charge < -0.3 is 10.1 Å². The average Bonchev–Trinajstić information content (AvgIpc) is 2.70. The Bertz CT molecular complexity index is 1010. The highest BCUT2D eigenvalue weighted by Crippen LogP contribution is 2.27. The SMILES string of the molecule is COc1ccc(S(=O)(=O)Nc2cccnc2Nc2ccc(SC)cc2)cc1. The largest absolute Gasteiger partial charge is 0.497 e. The molecule has 0 aliphatic rings. The van der Waals surface area contributed by atoms with E-state index in [1.54, 1.807) is 42.2 Å². The number of methoxy groups -OCH3 is 1. The van der Waals surface area contributed by atoms with Crippen LogP contribution >= 0.6 is 11.8 Å². The summed E-state index contributed by atoms with van der Waals surface area (Å²) in [5.41, 5.74) is 1.18. The zero-order valence-corrected chi connectivity index (χ0v) is 16.5. The van der Waals surface area contributed by atoms with Crippen molar-refractivity contribution in [2.75, 3.05) is 23.4 Å². The summed E-state index contributed by atoms with van der Waals surface area (Å²) in [6.45, 7) is 0. The van der Waals surface area contributed by atoms with E-state index in [0.717, 1.165) is 10.6 Å². The molecule has 8 heteroatoms. The van der Waals surface area contributed by atoms with Gasteiger partial charge in [-0.15, -0.1) is 11.8 Å². The standard InChI is InChI=1S/C19H19N3O3S2/c1-25-15-7-11-17(12-8-15)27(23,24)22-18-4-3-13-20-19(18)21-14-5-9-16(26-2)10-6-14/h3-13,22H,1-2H3,(H,20,21). The molecule has 0 unspecified atom stereocenters. The molecule has 3 rings (SSSR count). The van der Waals surface area contributed by atoms with Crippen LogP contribution in [0.25, 0.3) is 0 Å². The van der Waals surface area contributed by atoms with E-state index >= 15 is 0 Å². The monoisotopic (exact) mass is 401 g/mol. The number of nitrogens with one attached hydrogen (secondary N) is 2. The molecule has 0 spiro atoms. The van der Waals surface area contributed by atoms with Gasteiger partial charge in [-0.1, -0.05) is 0 Å². The Kier molecular flexibility index (Phi) is 5.88. The molecule has 27 heavy (non-hydrogen) atoms. The van der Waals surface area contributed by atoms with Gasteiger partial charge in [0.15, 0.2) is 5.82 Å². The maximum atomic E-state index is 12.7. The normalized spacial score (nSPS) is 11.0. The van der Waals surface area contributed by atoms with Crippen LogP contribution in [0.1, 0.15) is 0 Å². The second-order valence-electron chi connectivity index (χ2n) is 5.53. The predicted molar refractivity (Wildman–Crippen MR) is 110 cm³/mol. The van der Waals surface area contributed by atoms with Crippen LogP contribution in [-0.2, 0) is 10.0 Å². The van der Waals surface area contributed by atoms with Gasteiger partial charge in [0.2, 0.25) is 0 Å². The minimum atomic E-state index is -3.75. The van der Waals surface area contributed by atoms with Gasteiger partial charge in [-0.2, -0.15) is 0 Å². The summed E-state index contributed by atoms with van der Waals surface area (Å²) >= 11 is 1.65. The van der Waals surface area contributed by atoms with Crippen molar-refractivity contribution in [2.45, 2.75) is 9.79 Å². The fraction of sp³-hybridized carbons (Fsp3) is 0.105. The highest BCUT2D eigenvalue weighted by Gasteiger charge is 2.16. The molecule has 1 heterocycles. The minimum Gasteiger partial charge on any atom is -0.497 e. The van der Waals surface area contributed by atoms with Crippen molar-refractivity contribution in [1.29, 1.82) is 0 Å². The molecule has 0 saturated carbocycles. The van der Waals surface area contributed by atoms with Crippen LogP contribution in [0.2, 0.25) is 0 Å². The number of sulfonamides is 1. The molecule has 0 bridgehead atoms. The lowest BCUT2D eigenvalue weighted by atomic mass is 10.3. The van der Waals surface area contributed by atoms with E-state index in [-0.39, 0.29) is 4.90 Å². The first-order valence-electron chi connectivity index (χ1n) is 8.05. The summed E-state index contributed by atoms with van der Waals surface area (Å²) in [5.74, 6) is 1.01. The van der Waals surface area contributed by atoms with Crippen LogP contribution in [0.3, 0.4) is 0 Å². The zero-order valence-electron chi connectivity index (χ0n) is 14.8. The van der Waals surface area contributed by atoms with Crippen LogP contribution in [-0.4, -0.2) is 26.8 Å². The van der Waals surface area contributed by atoms with Gasteiger partial charge >= 0.3 is 0 Å². The third-order valence-corrected chi connectivity index (χ3v) is 5.90. The number of thioether (sulfide) groups is 1. The number of ether oxygens (including phenoxy) is 1. The summed E-state index contributed by atoms with van der Waals surface area (Å²) in [7, 11) is -2.22. The van der Waals surface area contributed by atoms with Gasteiger partial charge in [0.05, 0.1) is 17.7 Å². The Morgan fingerprint density at radius 2 is 1.70 bits per heavy atom. The fourth-order valence-corrected chi connectivity index (χ4v) is 3.83. The first-order valence-corrected chi connectivity index (χ1v) is 10.8. The number of nitrogens with zero attached hydrogens (tertiary/aromatic N) is 1. The molecule has 2 aromatic carbocycles. The number of pyridine rings is 1. The topological polar surface area (TPSA) is 80.3 Å². The van der Waals surface area contributed by atoms with Crippen molar-refractivity contribution in [2.24, 2.45) is 0 Å². The second kappa shape index (κ2) is 8.32. The van der Waals surface area contributed by atoms with E-state index in [0.29, 0.717) is 17.3 Å². The van der Waals surface area contributed by atoms with Crippen molar-refractivity contribution in [1.82, 2.24) is 4.98 Å². The lowest BCUT2D eigenvalue weighted by molar-refractivity contribution is 0.414. The molecule has 0 aliphatic carbocycles. The van der Waals surface area contributed by atoms with E-state index in [4.69, 9.17) is 4.74 Å². The van der Waals surface area contributed by atoms with Gasteiger partial charge in [-0.3, -0.25) is 4.72 Å². The lowest BCUT2D eigenvalue weighted by Gasteiger charge is -2.13. The quantitative estimate of drug-likeness (QED) is 0.573. The lowest BCUT2D eigenvalue weighted by Crippen LogP contribution is -2.14. The van der Waals surface area contributed by atoms with E-state index in [1.807, 2.05) is 30.5 Å². The molecule has 140 valence electrons. The summed E-state index contributed by atoms with van der Waals surface area (Å²) in [6, 6.07) is 17.3. The Morgan fingerprint density at radius 1 is 1.00 bits per heavy atom. The van der Waals surface area contributed by atoms with Crippen LogP contribution in [0, 0.1) is 0 Å². The first kappa shape index (κ1) is 19.1. The Balaban J connectivity index is 1.84. The number of benzene rings is 2. The molecule has 2 N–H and O–H groups in total. The van der Waals surface area contributed by atoms with Gasteiger partial charge in [0.25, 0.3) is 10.0 Å². The maximum absolute atomic E-state index is 12.7. The van der Waals surface area contributed by atoms with Crippen LogP contribution in [0.15, 0.2) is 76.7 Å². The molecule has 0 fully saturated rings. The molecular weight excluding hydrogens is 382 g/mol. The zero-order chi connectivity index (χ0) is 19.3.